The van der Waals surface area contributed by atoms with Crippen LogP contribution in [-0.2, 0) is 0 Å². The van der Waals surface area contributed by atoms with E-state index in [1.807, 2.05) is 0 Å². The molecule has 4 nitrogen and oxygen atoms in total. The Bertz CT molecular complexity index is 515. The molecule has 0 radical (unpaired) electrons. The van der Waals surface area contributed by atoms with E-state index in [2.05, 4.69) is 6.92 Å². The number of alkyl halides is 4. The third-order valence-corrected chi connectivity index (χ3v) is 9.43. The van der Waals surface area contributed by atoms with Crippen molar-refractivity contribution >= 4 is 0 Å². The number of rotatable bonds is 3. The molecule has 4 rings (SSSR count). The van der Waals surface area contributed by atoms with Gasteiger partial charge in [-0.05, 0) is 112 Å². The van der Waals surface area contributed by atoms with Crippen molar-refractivity contribution in [2.24, 2.45) is 41.4 Å². The Balaban J connectivity index is 0. The zero-order valence-corrected chi connectivity index (χ0v) is 20.1. The molecule has 0 heterocycles. The molecule has 208 valence electrons. The highest BCUT2D eigenvalue weighted by Gasteiger charge is 2.46. The summed E-state index contributed by atoms with van der Waals surface area (Å²) in [4.78, 5) is 0. The maximum atomic E-state index is 15.1. The molecule has 5 atom stereocenters. The highest BCUT2D eigenvalue weighted by molar-refractivity contribution is 4.95. The number of halogens is 4. The van der Waals surface area contributed by atoms with Crippen LogP contribution in [0.2, 0.25) is 0 Å². The zero-order chi connectivity index (χ0) is 20.5. The van der Waals surface area contributed by atoms with Crippen molar-refractivity contribution in [3.63, 3.8) is 0 Å². The van der Waals surface area contributed by atoms with Crippen LogP contribution in [0.1, 0.15) is 97.8 Å². The van der Waals surface area contributed by atoms with Gasteiger partial charge in [0.1, 0.15) is 18.5 Å². The summed E-state index contributed by atoms with van der Waals surface area (Å²) in [7, 11) is 0. The lowest BCUT2D eigenvalue weighted by atomic mass is 9.63. The molecular weight excluding hydrogens is 452 g/mol. The van der Waals surface area contributed by atoms with Gasteiger partial charge in [-0.25, -0.2) is 17.6 Å². The standard InChI is InChI=1S/C25H40F4.CH4.4H2O/c1-15-2-4-16(5-3-15)17-6-8-18(9-7-17)19-10-11-21(22(26)12-19)20-13-23(27)25(29)24(28)14-20;;;;;/h15-25H,2-14H2,1H3;1H4;4*1H2. The van der Waals surface area contributed by atoms with E-state index >= 15 is 4.39 Å². The van der Waals surface area contributed by atoms with Gasteiger partial charge in [-0.15, -0.1) is 0 Å². The molecule has 4 fully saturated rings. The van der Waals surface area contributed by atoms with Gasteiger partial charge in [0, 0.05) is 0 Å². The third-order valence-electron chi connectivity index (χ3n) is 9.43. The molecule has 0 spiro atoms. The van der Waals surface area contributed by atoms with Crippen LogP contribution in [0, 0.1) is 41.4 Å². The largest absolute Gasteiger partial charge is 0.412 e. The van der Waals surface area contributed by atoms with Crippen molar-refractivity contribution in [1.82, 2.24) is 0 Å². The smallest absolute Gasteiger partial charge is 0.162 e. The van der Waals surface area contributed by atoms with Gasteiger partial charge in [0.05, 0.1) is 0 Å². The first-order valence-electron chi connectivity index (χ1n) is 12.5. The van der Waals surface area contributed by atoms with Crippen molar-refractivity contribution in [1.29, 1.82) is 0 Å². The van der Waals surface area contributed by atoms with E-state index in [-0.39, 0.29) is 54.0 Å². The molecule has 8 N–H and O–H groups in total. The first-order chi connectivity index (χ1) is 13.9. The molecule has 0 aromatic carbocycles. The minimum atomic E-state index is -2.01. The fraction of sp³-hybridized carbons (Fsp3) is 1.00. The second-order valence-electron chi connectivity index (χ2n) is 11.2. The minimum absolute atomic E-state index is 0. The van der Waals surface area contributed by atoms with Crippen LogP contribution in [0.25, 0.3) is 0 Å². The van der Waals surface area contributed by atoms with Crippen LogP contribution in [0.15, 0.2) is 0 Å². The van der Waals surface area contributed by atoms with Gasteiger partial charge >= 0.3 is 0 Å². The summed E-state index contributed by atoms with van der Waals surface area (Å²) in [5.41, 5.74) is 0. The predicted molar refractivity (Wildman–Crippen MR) is 131 cm³/mol. The van der Waals surface area contributed by atoms with Crippen LogP contribution < -0.4 is 0 Å². The Morgan fingerprint density at radius 2 is 0.794 bits per heavy atom. The summed E-state index contributed by atoms with van der Waals surface area (Å²) in [5.74, 6) is 3.19. The first kappa shape index (κ1) is 35.7. The summed E-state index contributed by atoms with van der Waals surface area (Å²) in [6.45, 7) is 2.38. The fourth-order valence-corrected chi connectivity index (χ4v) is 7.48. The first-order valence-corrected chi connectivity index (χ1v) is 12.5. The Hall–Kier alpha value is -0.440. The van der Waals surface area contributed by atoms with Gasteiger partial charge in [-0.1, -0.05) is 27.2 Å². The molecule has 8 heteroatoms. The Kier molecular flexibility index (Phi) is 16.4. The highest BCUT2D eigenvalue weighted by atomic mass is 19.2. The van der Waals surface area contributed by atoms with E-state index in [4.69, 9.17) is 0 Å². The molecular formula is C26H52F4O4. The van der Waals surface area contributed by atoms with Crippen LogP contribution in [0.4, 0.5) is 17.6 Å². The van der Waals surface area contributed by atoms with Gasteiger partial charge in [-0.3, -0.25) is 0 Å². The minimum Gasteiger partial charge on any atom is -0.412 e. The Morgan fingerprint density at radius 3 is 1.24 bits per heavy atom. The second-order valence-corrected chi connectivity index (χ2v) is 11.2. The van der Waals surface area contributed by atoms with Crippen LogP contribution in [0.3, 0.4) is 0 Å². The van der Waals surface area contributed by atoms with Crippen LogP contribution in [0.5, 0.6) is 0 Å². The molecule has 0 saturated heterocycles. The van der Waals surface area contributed by atoms with E-state index in [0.717, 1.165) is 30.6 Å². The van der Waals surface area contributed by atoms with E-state index in [1.54, 1.807) is 0 Å². The average molecular weight is 505 g/mol. The van der Waals surface area contributed by atoms with Crippen molar-refractivity contribution in [2.45, 2.75) is 123 Å². The molecule has 0 aromatic rings. The zero-order valence-electron chi connectivity index (χ0n) is 20.1. The molecule has 4 aliphatic rings. The van der Waals surface area contributed by atoms with E-state index < -0.39 is 24.7 Å². The van der Waals surface area contributed by atoms with Crippen molar-refractivity contribution in [3.05, 3.63) is 0 Å². The fourth-order valence-electron chi connectivity index (χ4n) is 7.48. The predicted octanol–water partition coefficient (Wildman–Crippen LogP) is 5.14. The lowest BCUT2D eigenvalue weighted by Gasteiger charge is -2.44. The molecule has 0 aliphatic heterocycles. The SMILES string of the molecule is C.CC1CCC(C2CCC(C3CCC(C4CC(F)C(F)C(F)C4)C(F)C3)CC2)CC1.O.O.O.O. The second kappa shape index (κ2) is 15.6. The summed E-state index contributed by atoms with van der Waals surface area (Å²) in [5, 5.41) is 0. The summed E-state index contributed by atoms with van der Waals surface area (Å²) in [6, 6.07) is 0. The maximum Gasteiger partial charge on any atom is 0.162 e. The Labute approximate surface area is 203 Å². The summed E-state index contributed by atoms with van der Waals surface area (Å²) in [6.07, 6.45) is 6.49. The monoisotopic (exact) mass is 504 g/mol. The van der Waals surface area contributed by atoms with E-state index in [1.165, 1.54) is 51.4 Å². The Morgan fingerprint density at radius 1 is 0.441 bits per heavy atom. The van der Waals surface area contributed by atoms with Gasteiger partial charge in [0.15, 0.2) is 6.17 Å². The quantitative estimate of drug-likeness (QED) is 0.472. The summed E-state index contributed by atoms with van der Waals surface area (Å²) >= 11 is 0. The molecule has 0 aromatic heterocycles. The van der Waals surface area contributed by atoms with E-state index in [0.29, 0.717) is 18.3 Å². The lowest BCUT2D eigenvalue weighted by Crippen LogP contribution is -2.43. The van der Waals surface area contributed by atoms with Crippen LogP contribution in [-0.4, -0.2) is 46.6 Å². The van der Waals surface area contributed by atoms with E-state index in [9.17, 15) is 13.2 Å². The molecule has 0 bridgehead atoms. The molecule has 34 heavy (non-hydrogen) atoms. The molecule has 4 saturated carbocycles. The number of hydrogen-bond acceptors (Lipinski definition) is 0. The van der Waals surface area contributed by atoms with Gasteiger partial charge < -0.3 is 21.9 Å². The van der Waals surface area contributed by atoms with Gasteiger partial charge in [-0.2, -0.15) is 0 Å². The molecule has 4 aliphatic carbocycles. The van der Waals surface area contributed by atoms with Gasteiger partial charge in [0.25, 0.3) is 0 Å². The lowest BCUT2D eigenvalue weighted by molar-refractivity contribution is -0.0292. The van der Waals surface area contributed by atoms with Crippen molar-refractivity contribution in [2.75, 3.05) is 0 Å². The maximum absolute atomic E-state index is 15.1. The normalized spacial score (nSPS) is 44.6. The van der Waals surface area contributed by atoms with Gasteiger partial charge in [0.2, 0.25) is 0 Å². The molecule has 5 unspecified atom stereocenters. The van der Waals surface area contributed by atoms with Crippen molar-refractivity contribution < 1.29 is 39.5 Å². The average Bonchev–Trinajstić information content (AvgIpc) is 2.72. The molecule has 0 amide bonds. The topological polar surface area (TPSA) is 126 Å². The van der Waals surface area contributed by atoms with Crippen molar-refractivity contribution in [3.8, 4) is 0 Å². The van der Waals surface area contributed by atoms with Crippen LogP contribution >= 0.6 is 0 Å². The summed E-state index contributed by atoms with van der Waals surface area (Å²) < 4.78 is 56.1. The third kappa shape index (κ3) is 8.04. The highest BCUT2D eigenvalue weighted by Crippen LogP contribution is 2.49. The number of hydrogen-bond donors (Lipinski definition) is 0.